The minimum Gasteiger partial charge on any atom is -0.479 e. The number of rotatable bonds is 14. The second-order valence-electron chi connectivity index (χ2n) is 8.78. The van der Waals surface area contributed by atoms with Gasteiger partial charge in [-0.2, -0.15) is 0 Å². The summed E-state index contributed by atoms with van der Waals surface area (Å²) in [6.45, 7) is 8.42. The van der Waals surface area contributed by atoms with Crippen molar-refractivity contribution in [1.82, 2.24) is 5.32 Å². The van der Waals surface area contributed by atoms with Gasteiger partial charge in [-0.05, 0) is 25.2 Å². The van der Waals surface area contributed by atoms with Crippen molar-refractivity contribution in [1.29, 1.82) is 0 Å². The predicted octanol–water partition coefficient (Wildman–Crippen LogP) is 0.0249. The summed E-state index contributed by atoms with van der Waals surface area (Å²) in [5.41, 5.74) is 0. The average molecular weight is 464 g/mol. The quantitative estimate of drug-likeness (QED) is 0.240. The van der Waals surface area contributed by atoms with Crippen LogP contribution in [0.25, 0.3) is 0 Å². The van der Waals surface area contributed by atoms with Crippen LogP contribution in [-0.2, 0) is 23.8 Å². The molecule has 1 aliphatic rings. The van der Waals surface area contributed by atoms with Crippen molar-refractivity contribution < 1.29 is 44.2 Å². The van der Waals surface area contributed by atoms with E-state index < -0.39 is 42.3 Å². The van der Waals surface area contributed by atoms with Crippen molar-refractivity contribution in [2.75, 3.05) is 33.0 Å². The Labute approximate surface area is 190 Å². The third kappa shape index (κ3) is 7.93. The van der Waals surface area contributed by atoms with Gasteiger partial charge in [0, 0.05) is 25.4 Å². The zero-order valence-electron chi connectivity index (χ0n) is 19.8. The fourth-order valence-electron chi connectivity index (χ4n) is 4.25. The number of aliphatic hydroxyl groups excluding tert-OH is 3. The highest BCUT2D eigenvalue weighted by molar-refractivity contribution is 5.73. The van der Waals surface area contributed by atoms with Crippen LogP contribution in [-0.4, -0.2) is 95.8 Å². The molecule has 0 aromatic carbocycles. The minimum atomic E-state index is -1.11. The molecule has 5 N–H and O–H groups in total. The first-order valence-electron chi connectivity index (χ1n) is 11.3. The Morgan fingerprint density at radius 2 is 1.78 bits per heavy atom. The van der Waals surface area contributed by atoms with Crippen molar-refractivity contribution >= 4 is 11.9 Å². The number of aliphatic carboxylic acids is 1. The van der Waals surface area contributed by atoms with Crippen LogP contribution in [0.4, 0.5) is 0 Å². The van der Waals surface area contributed by atoms with Gasteiger partial charge in [-0.1, -0.05) is 20.8 Å². The standard InChI is InChI=1S/C22H41NO9/c1-6-16(20(23-15(5)27)18(9-26)31-12(2)7-24)10-30-11-19-14(4)13(3)17(8-25)21(32-19)22(28)29/h12-14,16-21,24-26H,6-11H2,1-5H3,(H,23,27)(H,28,29)/t12?,13?,14?,16-,17?,18?,19?,20?,21?/m0/s1. The largest absolute Gasteiger partial charge is 0.479 e. The molecule has 188 valence electrons. The molecule has 0 radical (unpaired) electrons. The molecule has 1 amide bonds. The molecule has 1 aliphatic heterocycles. The SMILES string of the molecule is CC[C@@H](COCC1OC(C(=O)O)C(CO)C(C)C1C)C(NC(C)=O)C(CO)OC(C)CO. The number of carbonyl (C=O) groups excluding carboxylic acids is 1. The number of amides is 1. The summed E-state index contributed by atoms with van der Waals surface area (Å²) < 4.78 is 17.4. The maximum Gasteiger partial charge on any atom is 0.333 e. The molecule has 0 aliphatic carbocycles. The molecule has 9 atom stereocenters. The summed E-state index contributed by atoms with van der Waals surface area (Å²) in [6.07, 6.45) is -2.15. The molecule has 0 saturated carbocycles. The third-order valence-corrected chi connectivity index (χ3v) is 6.52. The number of carbonyl (C=O) groups is 2. The van der Waals surface area contributed by atoms with Crippen molar-refractivity contribution in [2.24, 2.45) is 23.7 Å². The fourth-order valence-corrected chi connectivity index (χ4v) is 4.25. The smallest absolute Gasteiger partial charge is 0.333 e. The molecule has 1 heterocycles. The average Bonchev–Trinajstić information content (AvgIpc) is 2.75. The number of hydrogen-bond acceptors (Lipinski definition) is 8. The number of ether oxygens (including phenoxy) is 3. The van der Waals surface area contributed by atoms with Crippen LogP contribution >= 0.6 is 0 Å². The molecular formula is C22H41NO9. The lowest BCUT2D eigenvalue weighted by molar-refractivity contribution is -0.193. The van der Waals surface area contributed by atoms with E-state index in [2.05, 4.69) is 5.32 Å². The van der Waals surface area contributed by atoms with Gasteiger partial charge in [-0.25, -0.2) is 4.79 Å². The third-order valence-electron chi connectivity index (χ3n) is 6.52. The van der Waals surface area contributed by atoms with Crippen molar-refractivity contribution in [3.8, 4) is 0 Å². The van der Waals surface area contributed by atoms with Gasteiger partial charge in [0.25, 0.3) is 0 Å². The normalized spacial score (nSPS) is 29.7. The van der Waals surface area contributed by atoms with Gasteiger partial charge in [0.1, 0.15) is 6.10 Å². The van der Waals surface area contributed by atoms with Crippen molar-refractivity contribution in [3.05, 3.63) is 0 Å². The van der Waals surface area contributed by atoms with E-state index in [4.69, 9.17) is 14.2 Å². The Balaban J connectivity index is 2.84. The summed E-state index contributed by atoms with van der Waals surface area (Å²) in [4.78, 5) is 23.4. The van der Waals surface area contributed by atoms with Crippen LogP contribution in [0.5, 0.6) is 0 Å². The van der Waals surface area contributed by atoms with Crippen LogP contribution in [0.15, 0.2) is 0 Å². The second-order valence-corrected chi connectivity index (χ2v) is 8.78. The molecule has 0 aromatic heterocycles. The van der Waals surface area contributed by atoms with E-state index in [1.807, 2.05) is 20.8 Å². The van der Waals surface area contributed by atoms with Gasteiger partial charge in [0.05, 0.1) is 44.7 Å². The molecular weight excluding hydrogens is 422 g/mol. The second kappa shape index (κ2) is 14.1. The lowest BCUT2D eigenvalue weighted by Gasteiger charge is -2.43. The Hall–Kier alpha value is -1.30. The Kier molecular flexibility index (Phi) is 12.6. The molecule has 0 aromatic rings. The van der Waals surface area contributed by atoms with E-state index in [0.29, 0.717) is 6.42 Å². The lowest BCUT2D eigenvalue weighted by Crippen LogP contribution is -2.53. The summed E-state index contributed by atoms with van der Waals surface area (Å²) in [6, 6.07) is -0.536. The molecule has 0 spiro atoms. The van der Waals surface area contributed by atoms with Gasteiger partial charge in [-0.15, -0.1) is 0 Å². The number of nitrogens with one attached hydrogen (secondary N) is 1. The topological polar surface area (TPSA) is 155 Å². The fraction of sp³-hybridized carbons (Fsp3) is 0.909. The minimum absolute atomic E-state index is 0.0205. The monoisotopic (exact) mass is 463 g/mol. The van der Waals surface area contributed by atoms with Gasteiger partial charge >= 0.3 is 5.97 Å². The molecule has 1 fully saturated rings. The van der Waals surface area contributed by atoms with E-state index >= 15 is 0 Å². The first-order chi connectivity index (χ1) is 15.1. The first-order valence-corrected chi connectivity index (χ1v) is 11.3. The summed E-state index contributed by atoms with van der Waals surface area (Å²) in [5, 5.41) is 41.0. The highest BCUT2D eigenvalue weighted by Gasteiger charge is 2.44. The summed E-state index contributed by atoms with van der Waals surface area (Å²) >= 11 is 0. The molecule has 10 nitrogen and oxygen atoms in total. The predicted molar refractivity (Wildman–Crippen MR) is 116 cm³/mol. The zero-order valence-corrected chi connectivity index (χ0v) is 19.8. The Bertz CT molecular complexity index is 576. The van der Waals surface area contributed by atoms with E-state index in [1.165, 1.54) is 6.92 Å². The highest BCUT2D eigenvalue weighted by Crippen LogP contribution is 2.35. The lowest BCUT2D eigenvalue weighted by atomic mass is 9.76. The molecule has 32 heavy (non-hydrogen) atoms. The number of aliphatic hydroxyl groups is 3. The molecule has 1 rings (SSSR count). The van der Waals surface area contributed by atoms with Crippen molar-refractivity contribution in [2.45, 2.75) is 71.5 Å². The highest BCUT2D eigenvalue weighted by atomic mass is 16.6. The number of carboxylic acid groups (broad SMARTS) is 1. The number of carboxylic acids is 1. The van der Waals surface area contributed by atoms with Gasteiger partial charge in [0.2, 0.25) is 5.91 Å². The van der Waals surface area contributed by atoms with Crippen LogP contribution < -0.4 is 5.32 Å². The van der Waals surface area contributed by atoms with E-state index in [-0.39, 0.29) is 56.7 Å². The van der Waals surface area contributed by atoms with Crippen LogP contribution in [0.2, 0.25) is 0 Å². The maximum atomic E-state index is 11.8. The summed E-state index contributed by atoms with van der Waals surface area (Å²) in [5.74, 6) is -2.14. The first kappa shape index (κ1) is 28.7. The van der Waals surface area contributed by atoms with E-state index in [9.17, 15) is 30.0 Å². The van der Waals surface area contributed by atoms with Crippen LogP contribution in [0.1, 0.15) is 41.0 Å². The van der Waals surface area contributed by atoms with Gasteiger partial charge in [0.15, 0.2) is 6.10 Å². The maximum absolute atomic E-state index is 11.8. The Morgan fingerprint density at radius 3 is 2.25 bits per heavy atom. The van der Waals surface area contributed by atoms with E-state index in [0.717, 1.165) is 0 Å². The zero-order chi connectivity index (χ0) is 24.4. The molecule has 0 bridgehead atoms. The molecule has 8 unspecified atom stereocenters. The molecule has 10 heteroatoms. The van der Waals surface area contributed by atoms with E-state index in [1.54, 1.807) is 6.92 Å². The van der Waals surface area contributed by atoms with Crippen LogP contribution in [0, 0.1) is 23.7 Å². The molecule has 1 saturated heterocycles. The summed E-state index contributed by atoms with van der Waals surface area (Å²) in [7, 11) is 0. The van der Waals surface area contributed by atoms with Crippen molar-refractivity contribution in [3.63, 3.8) is 0 Å². The number of hydrogen-bond donors (Lipinski definition) is 5. The Morgan fingerprint density at radius 1 is 1.12 bits per heavy atom. The van der Waals surface area contributed by atoms with Gasteiger partial charge < -0.3 is 40.0 Å². The van der Waals surface area contributed by atoms with Gasteiger partial charge in [-0.3, -0.25) is 4.79 Å². The van der Waals surface area contributed by atoms with Crippen LogP contribution in [0.3, 0.4) is 0 Å².